The summed E-state index contributed by atoms with van der Waals surface area (Å²) in [5, 5.41) is 1.26. The van der Waals surface area contributed by atoms with Crippen LogP contribution in [-0.4, -0.2) is 11.0 Å². The van der Waals surface area contributed by atoms with E-state index >= 15 is 0 Å². The minimum Gasteiger partial charge on any atom is -0.457 e. The molecular weight excluding hydrogens is 310 g/mol. The number of carbonyl (C=O) groups excluding carboxylic acids is 1. The Morgan fingerprint density at radius 3 is 2.32 bits per heavy atom. The Morgan fingerprint density at radius 2 is 1.52 bits per heavy atom. The normalized spacial score (nSPS) is 12.2. The summed E-state index contributed by atoms with van der Waals surface area (Å²) >= 11 is 0. The van der Waals surface area contributed by atoms with Crippen LogP contribution in [0.15, 0.2) is 84.9 Å². The van der Waals surface area contributed by atoms with Gasteiger partial charge >= 0.3 is 5.97 Å². The van der Waals surface area contributed by atoms with Crippen LogP contribution in [0, 0.1) is 0 Å². The summed E-state index contributed by atoms with van der Waals surface area (Å²) in [5.41, 5.74) is 5.30. The van der Waals surface area contributed by atoms with Gasteiger partial charge in [-0.25, -0.2) is 4.79 Å². The number of para-hydroxylation sites is 1. The molecule has 0 saturated carbocycles. The van der Waals surface area contributed by atoms with E-state index in [-0.39, 0.29) is 5.97 Å². The van der Waals surface area contributed by atoms with Crippen molar-refractivity contribution in [2.45, 2.75) is 6.61 Å². The van der Waals surface area contributed by atoms with Crippen molar-refractivity contribution < 1.29 is 9.53 Å². The van der Waals surface area contributed by atoms with Crippen LogP contribution >= 0.6 is 0 Å². The van der Waals surface area contributed by atoms with Gasteiger partial charge in [0.2, 0.25) is 0 Å². The van der Waals surface area contributed by atoms with Crippen LogP contribution in [0.5, 0.6) is 0 Å². The van der Waals surface area contributed by atoms with Gasteiger partial charge in [-0.15, -0.1) is 0 Å². The van der Waals surface area contributed by atoms with Crippen LogP contribution in [-0.2, 0) is 11.3 Å². The second-order valence-electron chi connectivity index (χ2n) is 5.87. The van der Waals surface area contributed by atoms with Gasteiger partial charge in [0.15, 0.2) is 0 Å². The third-order valence-corrected chi connectivity index (χ3v) is 4.21. The Bertz CT molecular complexity index is 985. The number of ether oxygens (including phenoxy) is 1. The molecule has 1 aromatic heterocycles. The van der Waals surface area contributed by atoms with E-state index in [0.717, 1.165) is 5.56 Å². The number of carbonyl (C=O) groups is 1. The van der Waals surface area contributed by atoms with E-state index < -0.39 is 0 Å². The van der Waals surface area contributed by atoms with Gasteiger partial charge in [-0.2, -0.15) is 0 Å². The number of cyclic esters (lactones) is 1. The third kappa shape index (κ3) is 3.17. The zero-order chi connectivity index (χ0) is 17.1. The molecule has 0 bridgehead atoms. The first-order valence-electron chi connectivity index (χ1n) is 8.19. The van der Waals surface area contributed by atoms with Crippen molar-refractivity contribution in [2.24, 2.45) is 0 Å². The van der Waals surface area contributed by atoms with Crippen LogP contribution in [0.2, 0.25) is 0 Å². The van der Waals surface area contributed by atoms with Crippen molar-refractivity contribution >= 4 is 16.9 Å². The van der Waals surface area contributed by atoms with Crippen LogP contribution < -0.4 is 0 Å². The Hall–Kier alpha value is -3.33. The van der Waals surface area contributed by atoms with Crippen molar-refractivity contribution in [3.05, 3.63) is 96.1 Å². The number of benzene rings is 3. The van der Waals surface area contributed by atoms with E-state index in [4.69, 9.17) is 4.74 Å². The second kappa shape index (κ2) is 6.65. The molecule has 3 nitrogen and oxygen atoms in total. The van der Waals surface area contributed by atoms with Crippen molar-refractivity contribution in [1.82, 2.24) is 4.98 Å². The molecule has 3 heteroatoms. The quantitative estimate of drug-likeness (QED) is 0.489. The van der Waals surface area contributed by atoms with Crippen molar-refractivity contribution in [3.8, 4) is 11.3 Å². The number of hydrogen-bond donors (Lipinski definition) is 1. The Labute approximate surface area is 145 Å². The highest BCUT2D eigenvalue weighted by Gasteiger charge is 2.18. The van der Waals surface area contributed by atoms with E-state index in [0.29, 0.717) is 12.2 Å². The van der Waals surface area contributed by atoms with Gasteiger partial charge in [0, 0.05) is 22.2 Å². The molecule has 2 heterocycles. The van der Waals surface area contributed by atoms with Crippen LogP contribution in [0.1, 0.15) is 15.9 Å². The monoisotopic (exact) mass is 327 g/mol. The van der Waals surface area contributed by atoms with Crippen LogP contribution in [0.4, 0.5) is 0 Å². The van der Waals surface area contributed by atoms with Crippen molar-refractivity contribution in [3.63, 3.8) is 0 Å². The van der Waals surface area contributed by atoms with E-state index in [1.54, 1.807) is 6.07 Å². The molecule has 0 radical (unpaired) electrons. The summed E-state index contributed by atoms with van der Waals surface area (Å²) in [5.74, 6) is -0.199. The largest absolute Gasteiger partial charge is 0.457 e. The number of aromatic amines is 1. The summed E-state index contributed by atoms with van der Waals surface area (Å²) in [6.45, 7) is 0.439. The van der Waals surface area contributed by atoms with E-state index in [9.17, 15) is 4.79 Å². The number of rotatable bonds is 1. The summed E-state index contributed by atoms with van der Waals surface area (Å²) < 4.78 is 4.78. The standard InChI is InChI=1S/C14H11N.C8H6O2/c1-2-6-11(7-3-1)14-10-12-8-4-5-9-13(12)15-14;9-8-7-4-2-1-3-6(7)5-10-8/h1-10,15H;1-4H,5H2. The topological polar surface area (TPSA) is 42.1 Å². The molecule has 0 aliphatic carbocycles. The van der Waals surface area contributed by atoms with Gasteiger partial charge in [-0.1, -0.05) is 66.7 Å². The van der Waals surface area contributed by atoms with Gasteiger partial charge in [-0.3, -0.25) is 0 Å². The number of aromatic nitrogens is 1. The Kier molecular flexibility index (Phi) is 4.05. The molecule has 5 rings (SSSR count). The summed E-state index contributed by atoms with van der Waals surface area (Å²) in [7, 11) is 0. The first-order chi connectivity index (χ1) is 12.3. The van der Waals surface area contributed by atoms with Crippen LogP contribution in [0.25, 0.3) is 22.2 Å². The highest BCUT2D eigenvalue weighted by atomic mass is 16.5. The fourth-order valence-electron chi connectivity index (χ4n) is 2.91. The zero-order valence-electron chi connectivity index (χ0n) is 13.6. The molecule has 1 N–H and O–H groups in total. The highest BCUT2D eigenvalue weighted by Crippen LogP contribution is 2.23. The van der Waals surface area contributed by atoms with E-state index in [1.165, 1.54) is 22.2 Å². The highest BCUT2D eigenvalue weighted by molar-refractivity contribution is 5.93. The predicted octanol–water partition coefficient (Wildman–Crippen LogP) is 5.19. The number of H-pyrrole nitrogens is 1. The number of esters is 1. The molecule has 122 valence electrons. The lowest BCUT2D eigenvalue weighted by Crippen LogP contribution is -1.91. The maximum Gasteiger partial charge on any atom is 0.338 e. The maximum atomic E-state index is 10.8. The SMILES string of the molecule is O=C1OCc2ccccc21.c1ccc(-c2cc3ccccc3[nH]2)cc1. The van der Waals surface area contributed by atoms with Gasteiger partial charge in [0.1, 0.15) is 6.61 Å². The minimum atomic E-state index is -0.199. The summed E-state index contributed by atoms with van der Waals surface area (Å²) in [6, 6.07) is 28.3. The van der Waals surface area contributed by atoms with Crippen molar-refractivity contribution in [2.75, 3.05) is 0 Å². The Balaban J connectivity index is 0.000000136. The number of nitrogens with one attached hydrogen (secondary N) is 1. The average Bonchev–Trinajstić information content (AvgIpc) is 3.27. The molecule has 0 saturated heterocycles. The summed E-state index contributed by atoms with van der Waals surface area (Å²) in [4.78, 5) is 14.3. The van der Waals surface area contributed by atoms with Gasteiger partial charge < -0.3 is 9.72 Å². The number of hydrogen-bond acceptors (Lipinski definition) is 2. The predicted molar refractivity (Wildman–Crippen MR) is 99.3 cm³/mol. The molecule has 0 amide bonds. The summed E-state index contributed by atoms with van der Waals surface area (Å²) in [6.07, 6.45) is 0. The minimum absolute atomic E-state index is 0.199. The molecule has 4 aromatic rings. The molecule has 1 aliphatic rings. The van der Waals surface area contributed by atoms with Gasteiger partial charge in [0.05, 0.1) is 5.56 Å². The fourth-order valence-corrected chi connectivity index (χ4v) is 2.91. The van der Waals surface area contributed by atoms with Gasteiger partial charge in [-0.05, 0) is 23.8 Å². The first-order valence-corrected chi connectivity index (χ1v) is 8.19. The molecule has 0 spiro atoms. The van der Waals surface area contributed by atoms with Crippen molar-refractivity contribution in [1.29, 1.82) is 0 Å². The molecule has 25 heavy (non-hydrogen) atoms. The maximum absolute atomic E-state index is 10.8. The molecule has 0 atom stereocenters. The molecule has 3 aromatic carbocycles. The lowest BCUT2D eigenvalue weighted by Gasteiger charge is -1.94. The first kappa shape index (κ1) is 15.2. The average molecular weight is 327 g/mol. The molecule has 1 aliphatic heterocycles. The second-order valence-corrected chi connectivity index (χ2v) is 5.87. The van der Waals surface area contributed by atoms with Gasteiger partial charge in [0.25, 0.3) is 0 Å². The lowest BCUT2D eigenvalue weighted by molar-refractivity contribution is 0.0535. The zero-order valence-corrected chi connectivity index (χ0v) is 13.6. The fraction of sp³-hybridized carbons (Fsp3) is 0.0455. The third-order valence-electron chi connectivity index (χ3n) is 4.21. The Morgan fingerprint density at radius 1 is 0.800 bits per heavy atom. The van der Waals surface area contributed by atoms with E-state index in [1.807, 2.05) is 30.3 Å². The van der Waals surface area contributed by atoms with Crippen LogP contribution in [0.3, 0.4) is 0 Å². The smallest absolute Gasteiger partial charge is 0.338 e. The molecular formula is C22H17NO2. The molecule has 0 unspecified atom stereocenters. The molecule has 0 fully saturated rings. The lowest BCUT2D eigenvalue weighted by atomic mass is 10.1. The van der Waals surface area contributed by atoms with E-state index in [2.05, 4.69) is 53.5 Å². The number of fused-ring (bicyclic) bond motifs is 2.